The third-order valence-electron chi connectivity index (χ3n) is 5.15. The van der Waals surface area contributed by atoms with Crippen LogP contribution >= 0.6 is 11.6 Å². The third kappa shape index (κ3) is 3.98. The smallest absolute Gasteiger partial charge is 0.255 e. The second-order valence-corrected chi connectivity index (χ2v) is 7.69. The molecule has 3 N–H and O–H groups in total. The predicted octanol–water partition coefficient (Wildman–Crippen LogP) is 5.10. The number of hydrogen-bond acceptors (Lipinski definition) is 6. The monoisotopic (exact) mass is 442 g/mol. The molecule has 0 aliphatic carbocycles. The summed E-state index contributed by atoms with van der Waals surface area (Å²) in [6, 6.07) is 17.4. The van der Waals surface area contributed by atoms with E-state index in [1.807, 2.05) is 48.5 Å². The minimum atomic E-state index is -0.169. The maximum absolute atomic E-state index is 10.7. The molecule has 8 heteroatoms. The summed E-state index contributed by atoms with van der Waals surface area (Å²) in [4.78, 5) is 13.3. The van der Waals surface area contributed by atoms with Gasteiger partial charge in [-0.25, -0.2) is 9.97 Å². The molecule has 0 atom stereocenters. The van der Waals surface area contributed by atoms with Crippen LogP contribution in [-0.4, -0.2) is 36.8 Å². The number of fused-ring (bicyclic) bond motifs is 1. The number of nitrogens with zero attached hydrogens (tertiary/aromatic N) is 4. The van der Waals surface area contributed by atoms with Gasteiger partial charge in [0.1, 0.15) is 5.69 Å². The molecule has 0 aliphatic heterocycles. The van der Waals surface area contributed by atoms with Gasteiger partial charge in [-0.3, -0.25) is 10.1 Å². The van der Waals surface area contributed by atoms with Crippen molar-refractivity contribution in [3.05, 3.63) is 83.8 Å². The Morgan fingerprint density at radius 3 is 2.53 bits per heavy atom. The zero-order valence-electron chi connectivity index (χ0n) is 17.0. The molecule has 2 aromatic carbocycles. The molecule has 158 valence electrons. The summed E-state index contributed by atoms with van der Waals surface area (Å²) in [5.41, 5.74) is 4.71. The van der Waals surface area contributed by atoms with Crippen LogP contribution in [0.3, 0.4) is 0 Å². The number of benzene rings is 2. The first-order valence-electron chi connectivity index (χ1n) is 10.1. The van der Waals surface area contributed by atoms with Gasteiger partial charge in [0, 0.05) is 35.5 Å². The van der Waals surface area contributed by atoms with Crippen LogP contribution in [0.15, 0.2) is 73.2 Å². The number of rotatable bonds is 6. The highest BCUT2D eigenvalue weighted by atomic mass is 35.5. The van der Waals surface area contributed by atoms with Gasteiger partial charge < -0.3 is 10.4 Å². The second kappa shape index (κ2) is 8.64. The van der Waals surface area contributed by atoms with Crippen molar-refractivity contribution in [2.75, 3.05) is 11.9 Å². The van der Waals surface area contributed by atoms with Crippen LogP contribution in [0, 0.1) is 0 Å². The molecule has 0 aliphatic rings. The van der Waals surface area contributed by atoms with Gasteiger partial charge in [-0.1, -0.05) is 41.9 Å². The van der Waals surface area contributed by atoms with Gasteiger partial charge in [0.2, 0.25) is 0 Å². The number of hydrogen-bond donors (Lipinski definition) is 3. The number of aromatic amines is 1. The van der Waals surface area contributed by atoms with E-state index < -0.39 is 0 Å². The van der Waals surface area contributed by atoms with Gasteiger partial charge in [-0.2, -0.15) is 5.10 Å². The first-order valence-corrected chi connectivity index (χ1v) is 10.5. The summed E-state index contributed by atoms with van der Waals surface area (Å²) in [6.45, 7) is 0.590. The van der Waals surface area contributed by atoms with Gasteiger partial charge >= 0.3 is 0 Å². The number of anilines is 1. The summed E-state index contributed by atoms with van der Waals surface area (Å²) in [6.07, 6.45) is 5.99. The molecule has 32 heavy (non-hydrogen) atoms. The van der Waals surface area contributed by atoms with Crippen molar-refractivity contribution in [1.82, 2.24) is 25.1 Å². The standard InChI is InChI=1S/C24H19ClN6O/c25-19-13-17(12-18-14-28-31-20(18)19)22-21(16-4-2-1-3-5-16)29-23(24(32)30-22)27-11-8-15-6-9-26-10-7-15/h1-7,9-10,12-14H,8,11H2,(H,27,29)(H,28,31)(H,30,32). The molecule has 3 heterocycles. The summed E-state index contributed by atoms with van der Waals surface area (Å²) < 4.78 is 0. The second-order valence-electron chi connectivity index (χ2n) is 7.28. The van der Waals surface area contributed by atoms with Crippen molar-refractivity contribution in [2.24, 2.45) is 0 Å². The Morgan fingerprint density at radius 1 is 0.938 bits per heavy atom. The Balaban J connectivity index is 1.55. The summed E-state index contributed by atoms with van der Waals surface area (Å²) >= 11 is 6.45. The first kappa shape index (κ1) is 20.0. The molecule has 0 saturated heterocycles. The number of nitrogens with one attached hydrogen (secondary N) is 2. The van der Waals surface area contributed by atoms with Crippen LogP contribution in [0.1, 0.15) is 5.56 Å². The van der Waals surface area contributed by atoms with E-state index in [1.54, 1.807) is 24.7 Å². The van der Waals surface area contributed by atoms with E-state index in [9.17, 15) is 5.11 Å². The van der Waals surface area contributed by atoms with Crippen molar-refractivity contribution in [1.29, 1.82) is 0 Å². The summed E-state index contributed by atoms with van der Waals surface area (Å²) in [5, 5.41) is 22.2. The molecular formula is C24H19ClN6O. The minimum Gasteiger partial charge on any atom is -0.491 e. The lowest BCUT2D eigenvalue weighted by Crippen LogP contribution is -2.08. The lowest BCUT2D eigenvalue weighted by Gasteiger charge is -2.14. The van der Waals surface area contributed by atoms with E-state index in [-0.39, 0.29) is 5.88 Å². The van der Waals surface area contributed by atoms with E-state index in [0.717, 1.165) is 34.0 Å². The van der Waals surface area contributed by atoms with Gasteiger partial charge in [0.25, 0.3) is 5.88 Å². The van der Waals surface area contributed by atoms with Crippen molar-refractivity contribution in [3.8, 4) is 28.4 Å². The number of aromatic hydroxyl groups is 1. The van der Waals surface area contributed by atoms with Gasteiger partial charge in [0.05, 0.1) is 22.4 Å². The fourth-order valence-electron chi connectivity index (χ4n) is 3.57. The van der Waals surface area contributed by atoms with E-state index in [0.29, 0.717) is 28.8 Å². The highest BCUT2D eigenvalue weighted by Crippen LogP contribution is 2.36. The number of H-pyrrole nitrogens is 1. The van der Waals surface area contributed by atoms with Crippen LogP contribution in [0.25, 0.3) is 33.4 Å². The van der Waals surface area contributed by atoms with Crippen LogP contribution in [0.2, 0.25) is 5.02 Å². The molecule has 7 nitrogen and oxygen atoms in total. The highest BCUT2D eigenvalue weighted by Gasteiger charge is 2.18. The maximum Gasteiger partial charge on any atom is 0.255 e. The maximum atomic E-state index is 10.7. The molecule has 0 amide bonds. The van der Waals surface area contributed by atoms with E-state index >= 15 is 0 Å². The lowest BCUT2D eigenvalue weighted by atomic mass is 10.0. The average molecular weight is 443 g/mol. The third-order valence-corrected chi connectivity index (χ3v) is 5.45. The van der Waals surface area contributed by atoms with Crippen LogP contribution < -0.4 is 5.32 Å². The molecule has 5 aromatic rings. The fraction of sp³-hybridized carbons (Fsp3) is 0.0833. The van der Waals surface area contributed by atoms with E-state index in [1.165, 1.54) is 0 Å². The van der Waals surface area contributed by atoms with Gasteiger partial charge in [0.15, 0.2) is 5.82 Å². The summed E-state index contributed by atoms with van der Waals surface area (Å²) in [5.74, 6) is 0.162. The Morgan fingerprint density at radius 2 is 1.72 bits per heavy atom. The predicted molar refractivity (Wildman–Crippen MR) is 126 cm³/mol. The molecule has 0 spiro atoms. The molecule has 0 unspecified atom stereocenters. The summed E-state index contributed by atoms with van der Waals surface area (Å²) in [7, 11) is 0. The van der Waals surface area contributed by atoms with Crippen molar-refractivity contribution in [2.45, 2.75) is 6.42 Å². The van der Waals surface area contributed by atoms with Crippen molar-refractivity contribution >= 4 is 28.3 Å². The van der Waals surface area contributed by atoms with Crippen molar-refractivity contribution < 1.29 is 5.11 Å². The Labute approximate surface area is 189 Å². The molecule has 5 rings (SSSR count). The highest BCUT2D eigenvalue weighted by molar-refractivity contribution is 6.35. The lowest BCUT2D eigenvalue weighted by molar-refractivity contribution is 0.454. The minimum absolute atomic E-state index is 0.169. The quantitative estimate of drug-likeness (QED) is 0.338. The normalized spacial score (nSPS) is 11.0. The zero-order chi connectivity index (χ0) is 21.9. The van der Waals surface area contributed by atoms with Gasteiger partial charge in [-0.05, 0) is 36.2 Å². The van der Waals surface area contributed by atoms with Crippen LogP contribution in [0.5, 0.6) is 5.88 Å². The topological polar surface area (TPSA) is 99.6 Å². The zero-order valence-corrected chi connectivity index (χ0v) is 17.7. The van der Waals surface area contributed by atoms with Crippen LogP contribution in [-0.2, 0) is 6.42 Å². The molecule has 0 radical (unpaired) electrons. The fourth-order valence-corrected chi connectivity index (χ4v) is 3.84. The molecule has 0 fully saturated rings. The van der Waals surface area contributed by atoms with Gasteiger partial charge in [-0.15, -0.1) is 0 Å². The Hall–Kier alpha value is -3.97. The van der Waals surface area contributed by atoms with Crippen LogP contribution in [0.4, 0.5) is 5.82 Å². The number of pyridine rings is 1. The molecule has 0 bridgehead atoms. The van der Waals surface area contributed by atoms with Crippen molar-refractivity contribution in [3.63, 3.8) is 0 Å². The number of halogens is 1. The molecule has 3 aromatic heterocycles. The first-order chi connectivity index (χ1) is 15.7. The molecular weight excluding hydrogens is 424 g/mol. The average Bonchev–Trinajstić information content (AvgIpc) is 3.31. The Kier molecular flexibility index (Phi) is 5.39. The molecule has 0 saturated carbocycles. The largest absolute Gasteiger partial charge is 0.491 e. The Bertz CT molecular complexity index is 1370. The van der Waals surface area contributed by atoms with E-state index in [4.69, 9.17) is 16.6 Å². The SMILES string of the molecule is Oc1nc(-c2cc(Cl)c3[nH]ncc3c2)c(-c2ccccc2)nc1NCCc1ccncc1. The van der Waals surface area contributed by atoms with E-state index in [2.05, 4.69) is 25.5 Å². The number of aromatic nitrogens is 5.